The van der Waals surface area contributed by atoms with Gasteiger partial charge in [-0.05, 0) is 19.8 Å². The van der Waals surface area contributed by atoms with E-state index in [4.69, 9.17) is 0 Å². The molecule has 3 rings (SSSR count). The highest BCUT2D eigenvalue weighted by molar-refractivity contribution is 7.86. The van der Waals surface area contributed by atoms with Crippen LogP contribution in [0.25, 0.3) is 0 Å². The number of aryl methyl sites for hydroxylation is 1. The van der Waals surface area contributed by atoms with Crippen LogP contribution in [-0.2, 0) is 21.5 Å². The Morgan fingerprint density at radius 3 is 2.39 bits per heavy atom. The lowest BCUT2D eigenvalue weighted by atomic mass is 9.96. The molecule has 1 saturated heterocycles. The van der Waals surface area contributed by atoms with Gasteiger partial charge in [0.15, 0.2) is 0 Å². The van der Waals surface area contributed by atoms with Crippen LogP contribution >= 0.6 is 11.3 Å². The lowest BCUT2D eigenvalue weighted by Gasteiger charge is -2.38. The van der Waals surface area contributed by atoms with E-state index in [1.807, 2.05) is 6.92 Å². The first-order chi connectivity index (χ1) is 13.3. The van der Waals surface area contributed by atoms with E-state index in [-0.39, 0.29) is 23.2 Å². The fourth-order valence-electron chi connectivity index (χ4n) is 4.02. The third-order valence-electron chi connectivity index (χ3n) is 5.90. The molecular formula is C18H30N4O4S2. The molecule has 8 nitrogen and oxygen atoms in total. The van der Waals surface area contributed by atoms with Crippen LogP contribution in [0, 0.1) is 6.92 Å². The molecule has 158 valence electrons. The van der Waals surface area contributed by atoms with Crippen LogP contribution < -0.4 is 4.87 Å². The average Bonchev–Trinajstić information content (AvgIpc) is 3.03. The second-order valence-electron chi connectivity index (χ2n) is 7.64. The fourth-order valence-corrected chi connectivity index (χ4v) is 6.36. The summed E-state index contributed by atoms with van der Waals surface area (Å²) in [5, 5.41) is 1.79. The lowest BCUT2D eigenvalue weighted by Crippen LogP contribution is -2.55. The van der Waals surface area contributed by atoms with Gasteiger partial charge in [0.1, 0.15) is 0 Å². The monoisotopic (exact) mass is 430 g/mol. The summed E-state index contributed by atoms with van der Waals surface area (Å²) in [7, 11) is -1.80. The van der Waals surface area contributed by atoms with Crippen molar-refractivity contribution >= 4 is 27.5 Å². The Labute approximate surface area is 170 Å². The Balaban J connectivity index is 1.51. The maximum atomic E-state index is 12.9. The Kier molecular flexibility index (Phi) is 6.95. The van der Waals surface area contributed by atoms with E-state index in [9.17, 15) is 18.0 Å². The number of carbonyl (C=O) groups excluding carboxylic acids is 1. The Morgan fingerprint density at radius 1 is 1.18 bits per heavy atom. The van der Waals surface area contributed by atoms with Gasteiger partial charge in [0.25, 0.3) is 10.2 Å². The number of amides is 1. The topological polar surface area (TPSA) is 82.9 Å². The van der Waals surface area contributed by atoms with Crippen molar-refractivity contribution in [3.8, 4) is 0 Å². The van der Waals surface area contributed by atoms with Crippen molar-refractivity contribution in [2.75, 3.05) is 33.2 Å². The molecule has 1 saturated carbocycles. The molecule has 10 heteroatoms. The smallest absolute Gasteiger partial charge is 0.307 e. The van der Waals surface area contributed by atoms with Crippen molar-refractivity contribution in [2.24, 2.45) is 0 Å². The van der Waals surface area contributed by atoms with Gasteiger partial charge in [-0.2, -0.15) is 17.0 Å². The average molecular weight is 431 g/mol. The molecule has 0 spiro atoms. The highest BCUT2D eigenvalue weighted by atomic mass is 32.2. The Bertz CT molecular complexity index is 834. The fraction of sp³-hybridized carbons (Fsp3) is 0.778. The number of aromatic nitrogens is 1. The van der Waals surface area contributed by atoms with Gasteiger partial charge in [0, 0.05) is 63.3 Å². The first kappa shape index (κ1) is 21.5. The van der Waals surface area contributed by atoms with E-state index in [0.717, 1.165) is 42.7 Å². The summed E-state index contributed by atoms with van der Waals surface area (Å²) < 4.78 is 30.5. The van der Waals surface area contributed by atoms with Crippen LogP contribution in [0.3, 0.4) is 0 Å². The van der Waals surface area contributed by atoms with Gasteiger partial charge in [-0.25, -0.2) is 0 Å². The van der Waals surface area contributed by atoms with E-state index < -0.39 is 10.2 Å². The third kappa shape index (κ3) is 4.67. The molecule has 2 heterocycles. The summed E-state index contributed by atoms with van der Waals surface area (Å²) in [5.41, 5.74) is 0.865. The molecule has 1 aromatic heterocycles. The van der Waals surface area contributed by atoms with Crippen molar-refractivity contribution in [3.05, 3.63) is 20.7 Å². The lowest BCUT2D eigenvalue weighted by molar-refractivity contribution is -0.132. The molecule has 28 heavy (non-hydrogen) atoms. The van der Waals surface area contributed by atoms with Crippen LogP contribution in [0.1, 0.15) is 44.2 Å². The van der Waals surface area contributed by atoms with Crippen molar-refractivity contribution < 1.29 is 13.2 Å². The molecule has 0 aromatic carbocycles. The molecule has 0 atom stereocenters. The van der Waals surface area contributed by atoms with Gasteiger partial charge >= 0.3 is 4.87 Å². The number of hydrogen-bond acceptors (Lipinski definition) is 5. The summed E-state index contributed by atoms with van der Waals surface area (Å²) in [6, 6.07) is 0.0885. The van der Waals surface area contributed by atoms with Gasteiger partial charge in [0.05, 0.1) is 0 Å². The molecule has 0 N–H and O–H groups in total. The second kappa shape index (κ2) is 9.06. The van der Waals surface area contributed by atoms with Crippen LogP contribution in [0.5, 0.6) is 0 Å². The summed E-state index contributed by atoms with van der Waals surface area (Å²) in [6.07, 6.45) is 5.46. The van der Waals surface area contributed by atoms with Gasteiger partial charge in [0.2, 0.25) is 5.91 Å². The Hall–Kier alpha value is -1.23. The maximum Gasteiger partial charge on any atom is 0.307 e. The molecule has 1 aromatic rings. The first-order valence-corrected chi connectivity index (χ1v) is 12.2. The number of nitrogens with zero attached hydrogens (tertiary/aromatic N) is 4. The summed E-state index contributed by atoms with van der Waals surface area (Å²) >= 11 is 1.14. The van der Waals surface area contributed by atoms with Crippen LogP contribution in [0.4, 0.5) is 0 Å². The quantitative estimate of drug-likeness (QED) is 0.680. The number of carbonyl (C=O) groups is 1. The van der Waals surface area contributed by atoms with Crippen molar-refractivity contribution in [2.45, 2.75) is 58.0 Å². The van der Waals surface area contributed by atoms with E-state index in [2.05, 4.69) is 0 Å². The zero-order valence-corrected chi connectivity index (χ0v) is 18.3. The maximum absolute atomic E-state index is 12.9. The van der Waals surface area contributed by atoms with Gasteiger partial charge in [-0.1, -0.05) is 30.6 Å². The molecule has 1 aliphatic carbocycles. The largest absolute Gasteiger partial charge is 0.340 e. The SMILES string of the molecule is Cc1csc(=O)n1CCC(=O)N1CCN(S(=O)(=O)N(C)C2CCCCC2)CC1. The summed E-state index contributed by atoms with van der Waals surface area (Å²) in [5.74, 6) is -0.0322. The van der Waals surface area contributed by atoms with Crippen LogP contribution in [0.2, 0.25) is 0 Å². The standard InChI is InChI=1S/C18H30N4O4S2/c1-15-14-27-18(24)22(15)9-8-17(23)20-10-12-21(13-11-20)28(25,26)19(2)16-6-4-3-5-7-16/h14,16H,3-13H2,1-2H3. The van der Waals surface area contributed by atoms with Gasteiger partial charge in [-0.3, -0.25) is 9.59 Å². The predicted octanol–water partition coefficient (Wildman–Crippen LogP) is 1.26. The highest BCUT2D eigenvalue weighted by Crippen LogP contribution is 2.25. The van der Waals surface area contributed by atoms with Gasteiger partial charge in [-0.15, -0.1) is 0 Å². The van der Waals surface area contributed by atoms with Crippen molar-refractivity contribution in [3.63, 3.8) is 0 Å². The minimum atomic E-state index is -3.49. The van der Waals surface area contributed by atoms with E-state index in [0.29, 0.717) is 32.7 Å². The zero-order valence-electron chi connectivity index (χ0n) is 16.7. The van der Waals surface area contributed by atoms with E-state index >= 15 is 0 Å². The molecule has 2 fully saturated rings. The van der Waals surface area contributed by atoms with Crippen LogP contribution in [0.15, 0.2) is 10.2 Å². The van der Waals surface area contributed by atoms with E-state index in [1.54, 1.807) is 21.9 Å². The summed E-state index contributed by atoms with van der Waals surface area (Å²) in [6.45, 7) is 3.66. The number of hydrogen-bond donors (Lipinski definition) is 0. The third-order valence-corrected chi connectivity index (χ3v) is 8.82. The molecule has 1 amide bonds. The number of rotatable bonds is 6. The second-order valence-corrected chi connectivity index (χ2v) is 10.4. The van der Waals surface area contributed by atoms with Gasteiger partial charge < -0.3 is 9.47 Å². The molecule has 2 aliphatic rings. The van der Waals surface area contributed by atoms with Crippen molar-refractivity contribution in [1.82, 2.24) is 18.1 Å². The molecule has 0 radical (unpaired) electrons. The van der Waals surface area contributed by atoms with Crippen LogP contribution in [-0.4, -0.2) is 71.7 Å². The molecule has 0 unspecified atom stereocenters. The minimum absolute atomic E-state index is 0.0322. The highest BCUT2D eigenvalue weighted by Gasteiger charge is 2.35. The molecule has 1 aliphatic heterocycles. The normalized spacial score (nSPS) is 20.0. The zero-order chi connectivity index (χ0) is 20.3. The molecule has 0 bridgehead atoms. The first-order valence-electron chi connectivity index (χ1n) is 9.96. The summed E-state index contributed by atoms with van der Waals surface area (Å²) in [4.78, 5) is 25.9. The van der Waals surface area contributed by atoms with E-state index in [1.165, 1.54) is 15.0 Å². The number of thiazole rings is 1. The minimum Gasteiger partial charge on any atom is -0.340 e. The number of piperazine rings is 1. The predicted molar refractivity (Wildman–Crippen MR) is 110 cm³/mol. The Morgan fingerprint density at radius 2 is 1.82 bits per heavy atom. The van der Waals surface area contributed by atoms with Crippen molar-refractivity contribution in [1.29, 1.82) is 0 Å². The molecular weight excluding hydrogens is 400 g/mol.